The molecule has 1 aromatic carbocycles. The van der Waals surface area contributed by atoms with Crippen LogP contribution < -0.4 is 5.32 Å². The van der Waals surface area contributed by atoms with E-state index in [0.29, 0.717) is 43.6 Å². The molecule has 0 aliphatic rings. The molecule has 0 radical (unpaired) electrons. The number of benzene rings is 1. The number of carbonyl (C=O) groups is 1. The van der Waals surface area contributed by atoms with Gasteiger partial charge in [-0.1, -0.05) is 17.7 Å². The summed E-state index contributed by atoms with van der Waals surface area (Å²) in [5.41, 5.74) is 0.695. The number of hydrogen-bond acceptors (Lipinski definition) is 4. The van der Waals surface area contributed by atoms with Crippen molar-refractivity contribution in [1.82, 2.24) is 4.90 Å². The fourth-order valence-corrected chi connectivity index (χ4v) is 1.87. The van der Waals surface area contributed by atoms with Crippen LogP contribution in [0.3, 0.4) is 0 Å². The molecule has 0 aliphatic heterocycles. The topological polar surface area (TPSA) is 50.8 Å². The van der Waals surface area contributed by atoms with E-state index in [1.807, 2.05) is 4.90 Å². The molecule has 1 aromatic rings. The van der Waals surface area contributed by atoms with Gasteiger partial charge in [-0.2, -0.15) is 0 Å². The van der Waals surface area contributed by atoms with Gasteiger partial charge in [-0.25, -0.2) is 0 Å². The van der Waals surface area contributed by atoms with Crippen molar-refractivity contribution in [2.45, 2.75) is 0 Å². The van der Waals surface area contributed by atoms with E-state index in [9.17, 15) is 4.79 Å². The highest BCUT2D eigenvalue weighted by atomic mass is 35.5. The Labute approximate surface area is 124 Å². The van der Waals surface area contributed by atoms with Gasteiger partial charge in [-0.15, -0.1) is 0 Å². The van der Waals surface area contributed by atoms with Crippen LogP contribution in [0.25, 0.3) is 0 Å². The summed E-state index contributed by atoms with van der Waals surface area (Å²) in [6, 6.07) is 7.08. The average Bonchev–Trinajstić information content (AvgIpc) is 2.41. The molecule has 0 spiro atoms. The van der Waals surface area contributed by atoms with E-state index in [-0.39, 0.29) is 5.91 Å². The third kappa shape index (κ3) is 6.86. The second-order valence-electron chi connectivity index (χ2n) is 4.32. The Bertz CT molecular complexity index is 407. The molecule has 0 saturated carbocycles. The average molecular weight is 301 g/mol. The van der Waals surface area contributed by atoms with E-state index in [1.165, 1.54) is 0 Å². The van der Waals surface area contributed by atoms with Crippen LogP contribution in [0.2, 0.25) is 5.02 Å². The van der Waals surface area contributed by atoms with E-state index >= 15 is 0 Å². The number of nitrogens with zero attached hydrogens (tertiary/aromatic N) is 1. The lowest BCUT2D eigenvalue weighted by molar-refractivity contribution is -0.117. The number of carbonyl (C=O) groups excluding carboxylic acids is 1. The summed E-state index contributed by atoms with van der Waals surface area (Å²) in [4.78, 5) is 14.0. The molecule has 6 heteroatoms. The molecule has 112 valence electrons. The standard InChI is InChI=1S/C14H21ClN2O3/c1-19-8-6-17(7-9-20-2)11-14(18)16-13-5-3-4-12(15)10-13/h3-5,10H,6-9,11H2,1-2H3,(H,16,18). The molecule has 0 unspecified atom stereocenters. The molecular weight excluding hydrogens is 280 g/mol. The van der Waals surface area contributed by atoms with Crippen molar-refractivity contribution in [3.05, 3.63) is 29.3 Å². The molecular formula is C14H21ClN2O3. The smallest absolute Gasteiger partial charge is 0.238 e. The van der Waals surface area contributed by atoms with Gasteiger partial charge >= 0.3 is 0 Å². The van der Waals surface area contributed by atoms with Crippen LogP contribution in [0.1, 0.15) is 0 Å². The largest absolute Gasteiger partial charge is 0.383 e. The molecule has 1 N–H and O–H groups in total. The number of nitrogens with one attached hydrogen (secondary N) is 1. The lowest BCUT2D eigenvalue weighted by Gasteiger charge is -2.20. The summed E-state index contributed by atoms with van der Waals surface area (Å²) in [5, 5.41) is 3.42. The second-order valence-corrected chi connectivity index (χ2v) is 4.76. The van der Waals surface area contributed by atoms with Crippen LogP contribution in [0.5, 0.6) is 0 Å². The fourth-order valence-electron chi connectivity index (χ4n) is 1.68. The molecule has 0 heterocycles. The third-order valence-corrected chi connectivity index (χ3v) is 2.93. The number of halogens is 1. The number of hydrogen-bond donors (Lipinski definition) is 1. The Morgan fingerprint density at radius 1 is 1.25 bits per heavy atom. The number of anilines is 1. The van der Waals surface area contributed by atoms with Gasteiger partial charge in [0.25, 0.3) is 0 Å². The van der Waals surface area contributed by atoms with Crippen LogP contribution in [0.15, 0.2) is 24.3 Å². The van der Waals surface area contributed by atoms with Crippen LogP contribution >= 0.6 is 11.6 Å². The van der Waals surface area contributed by atoms with Gasteiger partial charge in [0.1, 0.15) is 0 Å². The Morgan fingerprint density at radius 2 is 1.90 bits per heavy atom. The Kier molecular flexibility index (Phi) is 8.22. The van der Waals surface area contributed by atoms with Crippen LogP contribution in [0.4, 0.5) is 5.69 Å². The Balaban J connectivity index is 2.47. The first-order valence-corrected chi connectivity index (χ1v) is 6.79. The summed E-state index contributed by atoms with van der Waals surface area (Å²) < 4.78 is 10.1. The maximum atomic E-state index is 12.0. The van der Waals surface area contributed by atoms with Crippen molar-refractivity contribution in [3.8, 4) is 0 Å². The monoisotopic (exact) mass is 300 g/mol. The summed E-state index contributed by atoms with van der Waals surface area (Å²) in [6.45, 7) is 2.81. The SMILES string of the molecule is COCCN(CCOC)CC(=O)Nc1cccc(Cl)c1. The summed E-state index contributed by atoms with van der Waals surface area (Å²) in [5.74, 6) is -0.0838. The van der Waals surface area contributed by atoms with Crippen molar-refractivity contribution < 1.29 is 14.3 Å². The zero-order chi connectivity index (χ0) is 14.8. The van der Waals surface area contributed by atoms with Gasteiger partial charge < -0.3 is 14.8 Å². The van der Waals surface area contributed by atoms with Gasteiger partial charge in [-0.05, 0) is 18.2 Å². The maximum absolute atomic E-state index is 12.0. The van der Waals surface area contributed by atoms with Crippen molar-refractivity contribution in [3.63, 3.8) is 0 Å². The van der Waals surface area contributed by atoms with Crippen molar-refractivity contribution >= 4 is 23.2 Å². The Morgan fingerprint density at radius 3 is 2.45 bits per heavy atom. The quantitative estimate of drug-likeness (QED) is 0.756. The van der Waals surface area contributed by atoms with Crippen molar-refractivity contribution in [2.24, 2.45) is 0 Å². The van der Waals surface area contributed by atoms with Crippen LogP contribution in [-0.2, 0) is 14.3 Å². The van der Waals surface area contributed by atoms with E-state index in [4.69, 9.17) is 21.1 Å². The summed E-state index contributed by atoms with van der Waals surface area (Å²) in [7, 11) is 3.28. The molecule has 0 atom stereocenters. The zero-order valence-corrected chi connectivity index (χ0v) is 12.7. The first-order valence-electron chi connectivity index (χ1n) is 6.41. The van der Waals surface area contributed by atoms with Crippen LogP contribution in [0, 0.1) is 0 Å². The third-order valence-electron chi connectivity index (χ3n) is 2.70. The normalized spacial score (nSPS) is 10.8. The summed E-state index contributed by atoms with van der Waals surface area (Å²) in [6.07, 6.45) is 0. The van der Waals surface area contributed by atoms with Gasteiger partial charge in [0.05, 0.1) is 19.8 Å². The lowest BCUT2D eigenvalue weighted by atomic mass is 10.3. The molecule has 0 fully saturated rings. The van der Waals surface area contributed by atoms with Crippen molar-refractivity contribution in [1.29, 1.82) is 0 Å². The summed E-state index contributed by atoms with van der Waals surface area (Å²) >= 11 is 5.88. The molecule has 0 saturated heterocycles. The highest BCUT2D eigenvalue weighted by molar-refractivity contribution is 6.30. The number of ether oxygens (including phenoxy) is 2. The van der Waals surface area contributed by atoms with E-state index in [1.54, 1.807) is 38.5 Å². The van der Waals surface area contributed by atoms with Crippen LogP contribution in [-0.4, -0.2) is 57.9 Å². The first kappa shape index (κ1) is 16.9. The van der Waals surface area contributed by atoms with Crippen molar-refractivity contribution in [2.75, 3.05) is 52.4 Å². The molecule has 0 aliphatic carbocycles. The number of amides is 1. The number of rotatable bonds is 9. The predicted molar refractivity (Wildman–Crippen MR) is 80.3 cm³/mol. The second kappa shape index (κ2) is 9.72. The van der Waals surface area contributed by atoms with Gasteiger partial charge in [0, 0.05) is 38.0 Å². The minimum absolute atomic E-state index is 0.0838. The minimum atomic E-state index is -0.0838. The highest BCUT2D eigenvalue weighted by Gasteiger charge is 2.10. The van der Waals surface area contributed by atoms with Gasteiger partial charge in [0.15, 0.2) is 0 Å². The highest BCUT2D eigenvalue weighted by Crippen LogP contribution is 2.14. The van der Waals surface area contributed by atoms with E-state index in [2.05, 4.69) is 5.32 Å². The maximum Gasteiger partial charge on any atom is 0.238 e. The fraction of sp³-hybridized carbons (Fsp3) is 0.500. The zero-order valence-electron chi connectivity index (χ0n) is 11.9. The lowest BCUT2D eigenvalue weighted by Crippen LogP contribution is -2.37. The predicted octanol–water partition coefficient (Wildman–Crippen LogP) is 1.87. The first-order chi connectivity index (χ1) is 9.65. The molecule has 1 amide bonds. The molecule has 0 aromatic heterocycles. The number of methoxy groups -OCH3 is 2. The molecule has 20 heavy (non-hydrogen) atoms. The minimum Gasteiger partial charge on any atom is -0.383 e. The van der Waals surface area contributed by atoms with E-state index < -0.39 is 0 Å². The molecule has 0 bridgehead atoms. The molecule has 5 nitrogen and oxygen atoms in total. The van der Waals surface area contributed by atoms with Gasteiger partial charge in [-0.3, -0.25) is 9.69 Å². The van der Waals surface area contributed by atoms with Gasteiger partial charge in [0.2, 0.25) is 5.91 Å². The Hall–Kier alpha value is -1.14. The molecule has 1 rings (SSSR count). The van der Waals surface area contributed by atoms with E-state index in [0.717, 1.165) is 0 Å².